The molecule has 0 bridgehead atoms. The van der Waals surface area contributed by atoms with E-state index in [-0.39, 0.29) is 0 Å². The Morgan fingerprint density at radius 1 is 0.893 bits per heavy atom. The van der Waals surface area contributed by atoms with E-state index >= 15 is 0 Å². The van der Waals surface area contributed by atoms with E-state index in [0.717, 1.165) is 0 Å². The summed E-state index contributed by atoms with van der Waals surface area (Å²) in [5.74, 6) is -4.10. The van der Waals surface area contributed by atoms with Crippen molar-refractivity contribution < 1.29 is 53.8 Å². The summed E-state index contributed by atoms with van der Waals surface area (Å²) in [4.78, 5) is 23.4. The maximum absolute atomic E-state index is 13.8. The Morgan fingerprint density at radius 2 is 1.39 bits per heavy atom. The molecule has 3 fully saturated rings. The number of hydrogen-bond donors (Lipinski definition) is 0. The van der Waals surface area contributed by atoms with Gasteiger partial charge in [-0.2, -0.15) is 39.5 Å². The number of rotatable bonds is 5. The fraction of sp³-hybridized carbons (Fsp3) is 0.875. The molecular weight excluding hydrogens is 411 g/mol. The van der Waals surface area contributed by atoms with Crippen LogP contribution < -0.4 is 0 Å². The molecule has 3 aliphatic carbocycles. The van der Waals surface area contributed by atoms with Crippen molar-refractivity contribution >= 4 is 12.3 Å². The first-order valence-electron chi connectivity index (χ1n) is 8.27. The van der Waals surface area contributed by atoms with Gasteiger partial charge >= 0.3 is 25.0 Å². The zero-order valence-electron chi connectivity index (χ0n) is 14.2. The molecule has 3 nitrogen and oxygen atoms in total. The Labute approximate surface area is 152 Å². The van der Waals surface area contributed by atoms with Crippen LogP contribution in [0.25, 0.3) is 0 Å². The van der Waals surface area contributed by atoms with Crippen LogP contribution in [-0.4, -0.2) is 36.4 Å². The van der Waals surface area contributed by atoms with E-state index in [0.29, 0.717) is 13.4 Å². The van der Waals surface area contributed by atoms with Gasteiger partial charge in [-0.1, -0.05) is 0 Å². The lowest BCUT2D eigenvalue weighted by molar-refractivity contribution is -0.364. The van der Waals surface area contributed by atoms with Gasteiger partial charge in [0.05, 0.1) is 10.8 Å². The Bertz CT molecular complexity index is 700. The molecule has 28 heavy (non-hydrogen) atoms. The zero-order valence-corrected chi connectivity index (χ0v) is 14.2. The Morgan fingerprint density at radius 3 is 1.68 bits per heavy atom. The average Bonchev–Trinajstić information content (AvgIpc) is 3.39. The molecule has 0 spiro atoms. The molecule has 159 valence electrons. The third kappa shape index (κ3) is 2.25. The molecule has 1 radical (unpaired) electrons. The molecule has 3 atom stereocenters. The predicted molar refractivity (Wildman–Crippen MR) is 72.2 cm³/mol. The molecule has 12 heteroatoms. The van der Waals surface area contributed by atoms with Crippen LogP contribution in [-0.2, 0) is 14.3 Å². The summed E-state index contributed by atoms with van der Waals surface area (Å²) in [5.41, 5.74) is -12.9. The summed E-state index contributed by atoms with van der Waals surface area (Å²) < 4.78 is 126. The van der Waals surface area contributed by atoms with Gasteiger partial charge in [-0.3, -0.25) is 4.79 Å². The third-order valence-electron chi connectivity index (χ3n) is 6.92. The summed E-state index contributed by atoms with van der Waals surface area (Å²) in [6.07, 6.45) is -20.1. The summed E-state index contributed by atoms with van der Waals surface area (Å²) in [5, 5.41) is 0. The van der Waals surface area contributed by atoms with Crippen molar-refractivity contribution in [2.24, 2.45) is 22.2 Å². The monoisotopic (exact) mass is 425 g/mol. The fourth-order valence-electron chi connectivity index (χ4n) is 4.86. The molecule has 0 N–H and O–H groups in total. The van der Waals surface area contributed by atoms with Crippen LogP contribution in [0.4, 0.5) is 39.5 Å². The van der Waals surface area contributed by atoms with Crippen molar-refractivity contribution in [1.82, 2.24) is 0 Å². The van der Waals surface area contributed by atoms with Crippen LogP contribution in [0, 0.1) is 22.2 Å². The van der Waals surface area contributed by atoms with Crippen molar-refractivity contribution in [2.45, 2.75) is 63.2 Å². The minimum atomic E-state index is -5.56. The van der Waals surface area contributed by atoms with Gasteiger partial charge in [0.1, 0.15) is 5.41 Å². The number of halogens is 9. The molecule has 0 heterocycles. The number of hydrogen-bond acceptors (Lipinski definition) is 3. The number of ketones is 1. The lowest BCUT2D eigenvalue weighted by atomic mass is 9.43. The van der Waals surface area contributed by atoms with E-state index in [1.807, 2.05) is 0 Å². The van der Waals surface area contributed by atoms with E-state index in [9.17, 15) is 49.1 Å². The molecule has 3 unspecified atom stereocenters. The van der Waals surface area contributed by atoms with E-state index < -0.39 is 84.2 Å². The minimum Gasteiger partial charge on any atom is -0.440 e. The lowest BCUT2D eigenvalue weighted by Gasteiger charge is -2.63. The summed E-state index contributed by atoms with van der Waals surface area (Å²) in [7, 11) is 0. The molecular formula is C16H14F9O3. The van der Waals surface area contributed by atoms with Crippen LogP contribution in [0.5, 0.6) is 0 Å². The van der Waals surface area contributed by atoms with Crippen LogP contribution in [0.15, 0.2) is 0 Å². The Hall–Kier alpha value is -1.49. The fourth-order valence-corrected chi connectivity index (χ4v) is 4.86. The highest BCUT2D eigenvalue weighted by Gasteiger charge is 2.89. The maximum Gasteiger partial charge on any atom is 0.429 e. The molecule has 3 rings (SSSR count). The minimum absolute atomic E-state index is 0.409. The van der Waals surface area contributed by atoms with Crippen LogP contribution in [0.2, 0.25) is 0 Å². The van der Waals surface area contributed by atoms with Crippen LogP contribution >= 0.6 is 0 Å². The lowest BCUT2D eigenvalue weighted by Crippen LogP contribution is -2.77. The SMILES string of the molecule is CC1(C(=O)C2(C(F)(F)F)CC2)C(C2(C(F)(F)F)CC2)CC1(O[C]=O)C(F)(F)F. The van der Waals surface area contributed by atoms with Crippen molar-refractivity contribution in [3.63, 3.8) is 0 Å². The highest BCUT2D eigenvalue weighted by atomic mass is 19.4. The molecule has 0 aromatic heterocycles. The quantitative estimate of drug-likeness (QED) is 0.603. The van der Waals surface area contributed by atoms with Crippen molar-refractivity contribution in [3.8, 4) is 0 Å². The topological polar surface area (TPSA) is 43.4 Å². The second-order valence-corrected chi connectivity index (χ2v) is 8.03. The van der Waals surface area contributed by atoms with Gasteiger partial charge in [-0.15, -0.1) is 0 Å². The first kappa shape index (κ1) is 21.2. The van der Waals surface area contributed by atoms with Crippen molar-refractivity contribution in [1.29, 1.82) is 0 Å². The van der Waals surface area contributed by atoms with Gasteiger partial charge in [0.2, 0.25) is 5.60 Å². The summed E-state index contributed by atoms with van der Waals surface area (Å²) >= 11 is 0. The van der Waals surface area contributed by atoms with Gasteiger partial charge in [-0.25, -0.2) is 4.79 Å². The van der Waals surface area contributed by atoms with E-state index in [1.165, 1.54) is 0 Å². The highest BCUT2D eigenvalue weighted by molar-refractivity contribution is 5.96. The number of carbonyl (C=O) groups excluding carboxylic acids is 2. The van der Waals surface area contributed by atoms with E-state index in [4.69, 9.17) is 0 Å². The zero-order chi connectivity index (χ0) is 21.6. The molecule has 0 aromatic rings. The molecule has 0 aromatic carbocycles. The van der Waals surface area contributed by atoms with Crippen LogP contribution in [0.1, 0.15) is 39.0 Å². The van der Waals surface area contributed by atoms with Gasteiger partial charge < -0.3 is 4.74 Å². The standard InChI is InChI=1S/C16H14F9O3/c1-10(9(27)12(4-5-12)15(20,21)22)8(11(2-3-11)14(17,18)19)6-13(10,28-7-26)16(23,24)25/h8H,2-6H2,1H3. The average molecular weight is 425 g/mol. The first-order valence-corrected chi connectivity index (χ1v) is 8.27. The Balaban J connectivity index is 2.16. The van der Waals surface area contributed by atoms with E-state index in [1.54, 1.807) is 0 Å². The van der Waals surface area contributed by atoms with Crippen LogP contribution in [0.3, 0.4) is 0 Å². The summed E-state index contributed by atoms with van der Waals surface area (Å²) in [6.45, 7) is 0.893. The van der Waals surface area contributed by atoms with Crippen molar-refractivity contribution in [3.05, 3.63) is 0 Å². The number of alkyl halides is 9. The molecule has 0 amide bonds. The number of ether oxygens (including phenoxy) is 1. The normalized spacial score (nSPS) is 36.3. The summed E-state index contributed by atoms with van der Waals surface area (Å²) in [6, 6.07) is 0. The van der Waals surface area contributed by atoms with Gasteiger partial charge in [-0.05, 0) is 38.5 Å². The number of carbonyl (C=O) groups is 1. The largest absolute Gasteiger partial charge is 0.440 e. The van der Waals surface area contributed by atoms with Gasteiger partial charge in [0.15, 0.2) is 5.78 Å². The predicted octanol–water partition coefficient (Wildman–Crippen LogP) is 4.65. The third-order valence-corrected chi connectivity index (χ3v) is 6.92. The second-order valence-electron chi connectivity index (χ2n) is 8.03. The second kappa shape index (κ2) is 5.35. The molecule has 0 saturated heterocycles. The van der Waals surface area contributed by atoms with Gasteiger partial charge in [0.25, 0.3) is 0 Å². The van der Waals surface area contributed by atoms with Crippen molar-refractivity contribution in [2.75, 3.05) is 0 Å². The van der Waals surface area contributed by atoms with Gasteiger partial charge in [0, 0.05) is 6.42 Å². The first-order chi connectivity index (χ1) is 12.5. The smallest absolute Gasteiger partial charge is 0.429 e. The molecule has 3 aliphatic rings. The maximum atomic E-state index is 13.8. The Kier molecular flexibility index (Phi) is 4.06. The van der Waals surface area contributed by atoms with E-state index in [2.05, 4.69) is 4.74 Å². The highest BCUT2D eigenvalue weighted by Crippen LogP contribution is 2.79. The molecule has 0 aliphatic heterocycles. The number of Topliss-reactive ketones (excluding diaryl/α,β-unsaturated/α-hetero) is 1. The molecule has 3 saturated carbocycles.